The lowest BCUT2D eigenvalue weighted by atomic mass is 9.99. The summed E-state index contributed by atoms with van der Waals surface area (Å²) in [7, 11) is 0. The summed E-state index contributed by atoms with van der Waals surface area (Å²) in [5.41, 5.74) is 0.132. The quantitative estimate of drug-likeness (QED) is 0.820. The van der Waals surface area contributed by atoms with Crippen LogP contribution in [0.15, 0.2) is 30.3 Å². The van der Waals surface area contributed by atoms with Crippen LogP contribution in [0.25, 0.3) is 0 Å². The minimum Gasteiger partial charge on any atom is -0.481 e. The van der Waals surface area contributed by atoms with Gasteiger partial charge in [-0.3, -0.25) is 9.69 Å². The number of β-amino-alcohol motifs (C(OH)–C–C–N with tert-alkyl or cyclic N) is 1. The summed E-state index contributed by atoms with van der Waals surface area (Å²) < 4.78 is 0. The van der Waals surface area contributed by atoms with Crippen LogP contribution >= 0.6 is 0 Å². The largest absolute Gasteiger partial charge is 0.481 e. The lowest BCUT2D eigenvalue weighted by Crippen LogP contribution is -2.35. The molecule has 2 rings (SSSR count). The van der Waals surface area contributed by atoms with Crippen molar-refractivity contribution in [2.45, 2.75) is 25.0 Å². The molecule has 1 heterocycles. The highest BCUT2D eigenvalue weighted by molar-refractivity contribution is 5.68. The fourth-order valence-corrected chi connectivity index (χ4v) is 2.34. The Morgan fingerprint density at radius 3 is 2.71 bits per heavy atom. The number of likely N-dealkylation sites (tertiary alicyclic amines) is 1. The number of carboxylic acid groups (broad SMARTS) is 1. The molecule has 1 aliphatic heterocycles. The summed E-state index contributed by atoms with van der Waals surface area (Å²) in [5.74, 6) is -0.936. The number of carbonyl (C=O) groups is 1. The third-order valence-electron chi connectivity index (χ3n) is 3.14. The zero-order chi connectivity index (χ0) is 12.3. The number of rotatable bonds is 4. The molecular weight excluding hydrogens is 218 g/mol. The summed E-state index contributed by atoms with van der Waals surface area (Å²) in [6.45, 7) is 1.95. The number of aliphatic hydroxyl groups is 1. The first-order valence-electron chi connectivity index (χ1n) is 5.78. The van der Waals surface area contributed by atoms with Gasteiger partial charge in [-0.2, -0.15) is 0 Å². The van der Waals surface area contributed by atoms with E-state index < -0.39 is 11.6 Å². The lowest BCUT2D eigenvalue weighted by molar-refractivity contribution is -0.142. The smallest absolute Gasteiger partial charge is 0.306 e. The van der Waals surface area contributed by atoms with E-state index in [0.29, 0.717) is 13.0 Å². The van der Waals surface area contributed by atoms with Crippen molar-refractivity contribution < 1.29 is 15.0 Å². The molecule has 0 bridgehead atoms. The molecule has 92 valence electrons. The molecule has 17 heavy (non-hydrogen) atoms. The molecule has 4 nitrogen and oxygen atoms in total. The molecule has 1 aromatic rings. The molecule has 0 radical (unpaired) electrons. The highest BCUT2D eigenvalue weighted by Crippen LogP contribution is 2.25. The summed E-state index contributed by atoms with van der Waals surface area (Å²) in [6, 6.07) is 10.0. The summed E-state index contributed by atoms with van der Waals surface area (Å²) >= 11 is 0. The Hall–Kier alpha value is -1.39. The van der Waals surface area contributed by atoms with Gasteiger partial charge in [0.15, 0.2) is 0 Å². The summed E-state index contributed by atoms with van der Waals surface area (Å²) in [4.78, 5) is 12.7. The normalized spacial score (nSPS) is 25.0. The van der Waals surface area contributed by atoms with Crippen LogP contribution in [0, 0.1) is 0 Å². The maximum absolute atomic E-state index is 10.6. The van der Waals surface area contributed by atoms with E-state index in [1.807, 2.05) is 30.3 Å². The average Bonchev–Trinajstić information content (AvgIpc) is 2.60. The van der Waals surface area contributed by atoms with Crippen LogP contribution < -0.4 is 0 Å². The standard InChI is InChI=1S/C13H17NO3/c15-12(16)8-13(17)6-7-14(10-13)9-11-4-2-1-3-5-11/h1-5,17H,6-10H2,(H,15,16). The molecule has 0 saturated carbocycles. The molecule has 2 N–H and O–H groups in total. The third-order valence-corrected chi connectivity index (χ3v) is 3.14. The predicted octanol–water partition coefficient (Wildman–Crippen LogP) is 1.10. The fraction of sp³-hybridized carbons (Fsp3) is 0.462. The lowest BCUT2D eigenvalue weighted by Gasteiger charge is -2.21. The zero-order valence-electron chi connectivity index (χ0n) is 9.67. The van der Waals surface area contributed by atoms with E-state index in [4.69, 9.17) is 5.11 Å². The van der Waals surface area contributed by atoms with Gasteiger partial charge in [0.2, 0.25) is 0 Å². The van der Waals surface area contributed by atoms with Gasteiger partial charge in [-0.25, -0.2) is 0 Å². The van der Waals surface area contributed by atoms with Gasteiger partial charge >= 0.3 is 5.97 Å². The average molecular weight is 235 g/mol. The highest BCUT2D eigenvalue weighted by atomic mass is 16.4. The Morgan fingerprint density at radius 1 is 1.35 bits per heavy atom. The van der Waals surface area contributed by atoms with Gasteiger partial charge in [0.1, 0.15) is 0 Å². The summed E-state index contributed by atoms with van der Waals surface area (Å²) in [5, 5.41) is 18.8. The molecule has 1 aliphatic rings. The van der Waals surface area contributed by atoms with Gasteiger partial charge in [-0.1, -0.05) is 30.3 Å². The van der Waals surface area contributed by atoms with E-state index in [2.05, 4.69) is 4.90 Å². The van der Waals surface area contributed by atoms with Crippen molar-refractivity contribution in [1.82, 2.24) is 4.90 Å². The van der Waals surface area contributed by atoms with Crippen LogP contribution in [0.4, 0.5) is 0 Å². The highest BCUT2D eigenvalue weighted by Gasteiger charge is 2.37. The number of carboxylic acids is 1. The van der Waals surface area contributed by atoms with Crippen molar-refractivity contribution in [2.75, 3.05) is 13.1 Å². The van der Waals surface area contributed by atoms with Gasteiger partial charge in [-0.05, 0) is 12.0 Å². The Kier molecular flexibility index (Phi) is 3.45. The molecule has 4 heteroatoms. The van der Waals surface area contributed by atoms with E-state index in [1.165, 1.54) is 5.56 Å². The molecule has 0 aliphatic carbocycles. The first kappa shape index (κ1) is 12.1. The van der Waals surface area contributed by atoms with E-state index in [9.17, 15) is 9.90 Å². The van der Waals surface area contributed by atoms with Crippen molar-refractivity contribution in [3.05, 3.63) is 35.9 Å². The van der Waals surface area contributed by atoms with E-state index in [0.717, 1.165) is 13.1 Å². The molecule has 1 unspecified atom stereocenters. The van der Waals surface area contributed by atoms with Gasteiger partial charge in [0.25, 0.3) is 0 Å². The first-order valence-corrected chi connectivity index (χ1v) is 5.78. The SMILES string of the molecule is O=C(O)CC1(O)CCN(Cc2ccccc2)C1. The van der Waals surface area contributed by atoms with Crippen LogP contribution in [0.2, 0.25) is 0 Å². The van der Waals surface area contributed by atoms with Crippen LogP contribution in [0.1, 0.15) is 18.4 Å². The molecular formula is C13H17NO3. The van der Waals surface area contributed by atoms with Crippen molar-refractivity contribution >= 4 is 5.97 Å². The minimum absolute atomic E-state index is 0.168. The maximum Gasteiger partial charge on any atom is 0.306 e. The topological polar surface area (TPSA) is 60.8 Å². The third kappa shape index (κ3) is 3.28. The fourth-order valence-electron chi connectivity index (χ4n) is 2.34. The van der Waals surface area contributed by atoms with Crippen molar-refractivity contribution in [3.8, 4) is 0 Å². The van der Waals surface area contributed by atoms with Gasteiger partial charge < -0.3 is 10.2 Å². The Morgan fingerprint density at radius 2 is 2.06 bits per heavy atom. The van der Waals surface area contributed by atoms with Gasteiger partial charge in [-0.15, -0.1) is 0 Å². The monoisotopic (exact) mass is 235 g/mol. The van der Waals surface area contributed by atoms with Crippen LogP contribution in [0.5, 0.6) is 0 Å². The van der Waals surface area contributed by atoms with Gasteiger partial charge in [0.05, 0.1) is 12.0 Å². The zero-order valence-corrected chi connectivity index (χ0v) is 9.67. The second-order valence-corrected chi connectivity index (χ2v) is 4.74. The summed E-state index contributed by atoms with van der Waals surface area (Å²) in [6.07, 6.45) is 0.365. The van der Waals surface area contributed by atoms with Crippen LogP contribution in [-0.4, -0.2) is 39.8 Å². The number of aliphatic carboxylic acids is 1. The van der Waals surface area contributed by atoms with Crippen molar-refractivity contribution in [3.63, 3.8) is 0 Å². The van der Waals surface area contributed by atoms with Crippen LogP contribution in [0.3, 0.4) is 0 Å². The predicted molar refractivity (Wildman–Crippen MR) is 63.5 cm³/mol. The number of nitrogens with zero attached hydrogens (tertiary/aromatic N) is 1. The molecule has 0 spiro atoms. The maximum atomic E-state index is 10.6. The molecule has 0 amide bonds. The van der Waals surface area contributed by atoms with E-state index in [1.54, 1.807) is 0 Å². The second-order valence-electron chi connectivity index (χ2n) is 4.74. The molecule has 1 fully saturated rings. The van der Waals surface area contributed by atoms with Crippen molar-refractivity contribution in [2.24, 2.45) is 0 Å². The number of hydrogen-bond acceptors (Lipinski definition) is 3. The molecule has 1 atom stereocenters. The Balaban J connectivity index is 1.92. The van der Waals surface area contributed by atoms with Crippen molar-refractivity contribution in [1.29, 1.82) is 0 Å². The minimum atomic E-state index is -1.05. The molecule has 0 aromatic heterocycles. The number of hydrogen-bond donors (Lipinski definition) is 2. The van der Waals surface area contributed by atoms with E-state index >= 15 is 0 Å². The number of benzene rings is 1. The molecule has 1 aromatic carbocycles. The van der Waals surface area contributed by atoms with Gasteiger partial charge in [0, 0.05) is 19.6 Å². The second kappa shape index (κ2) is 4.85. The van der Waals surface area contributed by atoms with Crippen LogP contribution in [-0.2, 0) is 11.3 Å². The molecule has 1 saturated heterocycles. The van der Waals surface area contributed by atoms with E-state index in [-0.39, 0.29) is 6.42 Å². The first-order chi connectivity index (χ1) is 8.07. The Labute approximate surface area is 100 Å². The Bertz CT molecular complexity index is 393.